The van der Waals surface area contributed by atoms with Crippen LogP contribution in [-0.4, -0.2) is 23.0 Å². The summed E-state index contributed by atoms with van der Waals surface area (Å²) in [5.41, 5.74) is 4.98. The fraction of sp³-hybridized carbons (Fsp3) is 0.353. The Morgan fingerprint density at radius 2 is 2.00 bits per heavy atom. The van der Waals surface area contributed by atoms with E-state index in [9.17, 15) is 0 Å². The van der Waals surface area contributed by atoms with Gasteiger partial charge in [-0.2, -0.15) is 10.2 Å². The number of rotatable bonds is 3. The quantitative estimate of drug-likeness (QED) is 0.770. The average molecular weight is 360 g/mol. The summed E-state index contributed by atoms with van der Waals surface area (Å²) in [6.45, 7) is 2.20. The minimum absolute atomic E-state index is 0.564. The first-order valence-electron chi connectivity index (χ1n) is 7.44. The predicted octanol–water partition coefficient (Wildman–Crippen LogP) is 4.23. The Kier molecular flexibility index (Phi) is 4.52. The lowest BCUT2D eigenvalue weighted by molar-refractivity contribution is 0.211. The van der Waals surface area contributed by atoms with Crippen molar-refractivity contribution < 1.29 is 4.84 Å². The number of nitrogens with zero attached hydrogens (tertiary/aromatic N) is 3. The zero-order valence-electron chi connectivity index (χ0n) is 12.7. The third kappa shape index (κ3) is 3.04. The van der Waals surface area contributed by atoms with Gasteiger partial charge in [-0.1, -0.05) is 46.6 Å². The van der Waals surface area contributed by atoms with E-state index in [0.717, 1.165) is 52.0 Å². The molecule has 0 fully saturated rings. The summed E-state index contributed by atoms with van der Waals surface area (Å²) in [7, 11) is 1.59. The van der Waals surface area contributed by atoms with Crippen LogP contribution in [0, 0.1) is 5.92 Å². The van der Waals surface area contributed by atoms with Crippen LogP contribution in [0.25, 0.3) is 11.3 Å². The van der Waals surface area contributed by atoms with Gasteiger partial charge < -0.3 is 4.84 Å². The Bertz CT molecular complexity index is 698. The van der Waals surface area contributed by atoms with Crippen molar-refractivity contribution in [2.75, 3.05) is 7.11 Å². The maximum absolute atomic E-state index is 5.03. The molecule has 0 saturated carbocycles. The zero-order valence-corrected chi connectivity index (χ0v) is 14.3. The van der Waals surface area contributed by atoms with E-state index < -0.39 is 0 Å². The third-order valence-corrected chi connectivity index (χ3v) is 4.59. The van der Waals surface area contributed by atoms with E-state index in [4.69, 9.17) is 4.84 Å². The predicted molar refractivity (Wildman–Crippen MR) is 90.8 cm³/mol. The van der Waals surface area contributed by atoms with Crippen molar-refractivity contribution in [3.05, 3.63) is 46.1 Å². The van der Waals surface area contributed by atoms with Gasteiger partial charge in [0.15, 0.2) is 0 Å². The van der Waals surface area contributed by atoms with E-state index in [0.29, 0.717) is 5.92 Å². The Morgan fingerprint density at radius 3 is 2.68 bits per heavy atom. The molecule has 1 aromatic carbocycles. The maximum Gasteiger partial charge on any atom is 0.106 e. The molecule has 2 aromatic rings. The van der Waals surface area contributed by atoms with E-state index in [-0.39, 0.29) is 0 Å². The Balaban J connectivity index is 2.03. The summed E-state index contributed by atoms with van der Waals surface area (Å²) in [6.07, 6.45) is 3.00. The standard InChI is InChI=1S/C17H18BrN3O/c1-3-11-8-16-14(17(9-11)21-22-2)10-15(19-20-16)12-4-6-13(18)7-5-12/h4-7,10-11H,3,8-9H2,1-2H3/b21-17+. The van der Waals surface area contributed by atoms with Gasteiger partial charge in [-0.25, -0.2) is 0 Å². The Hall–Kier alpha value is -1.75. The molecule has 3 rings (SSSR count). The first-order chi connectivity index (χ1) is 10.7. The highest BCUT2D eigenvalue weighted by Gasteiger charge is 2.25. The van der Waals surface area contributed by atoms with E-state index in [2.05, 4.69) is 44.3 Å². The largest absolute Gasteiger partial charge is 0.399 e. The molecule has 1 heterocycles. The first-order valence-corrected chi connectivity index (χ1v) is 8.23. The van der Waals surface area contributed by atoms with Crippen molar-refractivity contribution in [3.8, 4) is 11.3 Å². The van der Waals surface area contributed by atoms with Gasteiger partial charge in [0.25, 0.3) is 0 Å². The van der Waals surface area contributed by atoms with Crippen molar-refractivity contribution in [1.29, 1.82) is 0 Å². The highest BCUT2D eigenvalue weighted by molar-refractivity contribution is 9.10. The molecule has 0 N–H and O–H groups in total. The van der Waals surface area contributed by atoms with Gasteiger partial charge in [0.1, 0.15) is 7.11 Å². The second kappa shape index (κ2) is 6.57. The van der Waals surface area contributed by atoms with Crippen LogP contribution in [0.15, 0.2) is 40.0 Å². The van der Waals surface area contributed by atoms with Crippen LogP contribution in [0.2, 0.25) is 0 Å². The molecule has 0 aliphatic heterocycles. The lowest BCUT2D eigenvalue weighted by atomic mass is 9.84. The summed E-state index contributed by atoms with van der Waals surface area (Å²) in [5, 5.41) is 13.1. The van der Waals surface area contributed by atoms with Gasteiger partial charge in [0.05, 0.1) is 17.1 Å². The molecule has 0 amide bonds. The molecule has 1 atom stereocenters. The highest BCUT2D eigenvalue weighted by Crippen LogP contribution is 2.29. The van der Waals surface area contributed by atoms with Gasteiger partial charge in [-0.15, -0.1) is 0 Å². The van der Waals surface area contributed by atoms with Crippen LogP contribution in [-0.2, 0) is 11.3 Å². The molecule has 1 unspecified atom stereocenters. The molecule has 1 aliphatic carbocycles. The fourth-order valence-electron chi connectivity index (χ4n) is 2.79. The summed E-state index contributed by atoms with van der Waals surface area (Å²) < 4.78 is 1.05. The molecule has 5 heteroatoms. The molecule has 4 nitrogen and oxygen atoms in total. The van der Waals surface area contributed by atoms with E-state index in [1.807, 2.05) is 24.3 Å². The molecule has 0 bridgehead atoms. The molecule has 22 heavy (non-hydrogen) atoms. The zero-order chi connectivity index (χ0) is 15.5. The van der Waals surface area contributed by atoms with Crippen LogP contribution in [0.1, 0.15) is 31.0 Å². The lowest BCUT2D eigenvalue weighted by Gasteiger charge is -2.23. The highest BCUT2D eigenvalue weighted by atomic mass is 79.9. The van der Waals surface area contributed by atoms with Gasteiger partial charge in [0.2, 0.25) is 0 Å². The van der Waals surface area contributed by atoms with Crippen LogP contribution >= 0.6 is 15.9 Å². The number of benzene rings is 1. The smallest absolute Gasteiger partial charge is 0.106 e. The number of hydrogen-bond acceptors (Lipinski definition) is 4. The van der Waals surface area contributed by atoms with E-state index >= 15 is 0 Å². The molecule has 114 valence electrons. The molecule has 0 radical (unpaired) electrons. The monoisotopic (exact) mass is 359 g/mol. The fourth-order valence-corrected chi connectivity index (χ4v) is 3.06. The summed E-state index contributed by atoms with van der Waals surface area (Å²) >= 11 is 3.45. The average Bonchev–Trinajstić information content (AvgIpc) is 2.55. The minimum Gasteiger partial charge on any atom is -0.399 e. The topological polar surface area (TPSA) is 47.4 Å². The van der Waals surface area contributed by atoms with E-state index in [1.54, 1.807) is 7.11 Å². The summed E-state index contributed by atoms with van der Waals surface area (Å²) in [5.74, 6) is 0.564. The van der Waals surface area contributed by atoms with Crippen LogP contribution in [0.5, 0.6) is 0 Å². The van der Waals surface area contributed by atoms with Crippen molar-refractivity contribution in [2.45, 2.75) is 26.2 Å². The van der Waals surface area contributed by atoms with Gasteiger partial charge in [-0.3, -0.25) is 0 Å². The van der Waals surface area contributed by atoms with Gasteiger partial charge >= 0.3 is 0 Å². The van der Waals surface area contributed by atoms with Crippen LogP contribution in [0.3, 0.4) is 0 Å². The number of fused-ring (bicyclic) bond motifs is 1. The number of halogens is 1. The lowest BCUT2D eigenvalue weighted by Crippen LogP contribution is -2.22. The van der Waals surface area contributed by atoms with Crippen molar-refractivity contribution in [3.63, 3.8) is 0 Å². The summed E-state index contributed by atoms with van der Waals surface area (Å²) in [6, 6.07) is 10.2. The van der Waals surface area contributed by atoms with Crippen molar-refractivity contribution in [1.82, 2.24) is 10.2 Å². The first kappa shape index (κ1) is 15.2. The number of hydrogen-bond donors (Lipinski definition) is 0. The normalized spacial score (nSPS) is 19.0. The second-order valence-corrected chi connectivity index (χ2v) is 6.42. The maximum atomic E-state index is 5.03. The molecule has 0 spiro atoms. The molecular weight excluding hydrogens is 342 g/mol. The van der Waals surface area contributed by atoms with Crippen molar-refractivity contribution >= 4 is 21.6 Å². The third-order valence-electron chi connectivity index (χ3n) is 4.06. The van der Waals surface area contributed by atoms with Gasteiger partial charge in [0, 0.05) is 15.6 Å². The van der Waals surface area contributed by atoms with Crippen molar-refractivity contribution in [2.24, 2.45) is 11.1 Å². The Labute approximate surface area is 138 Å². The molecule has 0 saturated heterocycles. The molecular formula is C17H18BrN3O. The van der Waals surface area contributed by atoms with E-state index in [1.165, 1.54) is 0 Å². The van der Waals surface area contributed by atoms with Crippen LogP contribution in [0.4, 0.5) is 0 Å². The second-order valence-electron chi connectivity index (χ2n) is 5.50. The molecule has 1 aromatic heterocycles. The minimum atomic E-state index is 0.564. The summed E-state index contributed by atoms with van der Waals surface area (Å²) in [4.78, 5) is 5.03. The SMILES string of the molecule is CCC1C/C(=N\OC)c2cc(-c3ccc(Br)cc3)nnc2C1. The van der Waals surface area contributed by atoms with Gasteiger partial charge in [-0.05, 0) is 37.0 Å². The molecule has 1 aliphatic rings. The number of oxime groups is 1. The Morgan fingerprint density at radius 1 is 1.23 bits per heavy atom. The number of aromatic nitrogens is 2. The van der Waals surface area contributed by atoms with Crippen LogP contribution < -0.4 is 0 Å².